The van der Waals surface area contributed by atoms with Crippen LogP contribution in [0.25, 0.3) is 0 Å². The highest BCUT2D eigenvalue weighted by molar-refractivity contribution is 7.99. The smallest absolute Gasteiger partial charge is 0.0129 e. The molecule has 0 heterocycles. The molecule has 0 amide bonds. The molecule has 0 nitrogen and oxygen atoms in total. The summed E-state index contributed by atoms with van der Waals surface area (Å²) in [4.78, 5) is 0. The van der Waals surface area contributed by atoms with E-state index >= 15 is 0 Å². The predicted molar refractivity (Wildman–Crippen MR) is 51.7 cm³/mol. The van der Waals surface area contributed by atoms with Crippen molar-refractivity contribution >= 4 is 11.8 Å². The summed E-state index contributed by atoms with van der Waals surface area (Å²) in [5.41, 5.74) is 0. The van der Waals surface area contributed by atoms with Crippen LogP contribution in [0.2, 0.25) is 0 Å². The van der Waals surface area contributed by atoms with Crippen LogP contribution in [0.4, 0.5) is 0 Å². The van der Waals surface area contributed by atoms with E-state index < -0.39 is 0 Å². The van der Waals surface area contributed by atoms with Gasteiger partial charge in [-0.1, -0.05) is 27.7 Å². The fraction of sp³-hybridized carbons (Fsp3) is 1.00. The third kappa shape index (κ3) is 3.50. The molecule has 0 bridgehead atoms. The Hall–Kier alpha value is 0.350. The topological polar surface area (TPSA) is 0 Å². The van der Waals surface area contributed by atoms with Crippen LogP contribution in [0.1, 0.15) is 40.5 Å². The second kappa shape index (κ2) is 4.27. The third-order valence-electron chi connectivity index (χ3n) is 2.08. The molecular weight excluding hydrogens is 140 g/mol. The van der Waals surface area contributed by atoms with E-state index in [-0.39, 0.29) is 0 Å². The van der Waals surface area contributed by atoms with E-state index in [1.54, 1.807) is 0 Å². The number of hydrogen-bond acceptors (Lipinski definition) is 1. The Bertz CT molecular complexity index is 82.7. The van der Waals surface area contributed by atoms with Crippen molar-refractivity contribution in [1.29, 1.82) is 0 Å². The SMILES string of the molecule is CCC(C)(CC(C)C)SC. The van der Waals surface area contributed by atoms with E-state index in [4.69, 9.17) is 0 Å². The highest BCUT2D eigenvalue weighted by Crippen LogP contribution is 2.32. The average Bonchev–Trinajstić information content (AvgIpc) is 1.87. The lowest BCUT2D eigenvalue weighted by Gasteiger charge is -2.27. The molecule has 0 fully saturated rings. The van der Waals surface area contributed by atoms with E-state index in [2.05, 4.69) is 34.0 Å². The zero-order chi connectivity index (χ0) is 8.20. The lowest BCUT2D eigenvalue weighted by molar-refractivity contribution is 0.467. The molecule has 0 rings (SSSR count). The summed E-state index contributed by atoms with van der Waals surface area (Å²) in [6.45, 7) is 9.23. The van der Waals surface area contributed by atoms with Gasteiger partial charge in [-0.05, 0) is 25.0 Å². The van der Waals surface area contributed by atoms with Crippen LogP contribution in [-0.2, 0) is 0 Å². The fourth-order valence-electron chi connectivity index (χ4n) is 1.24. The van der Waals surface area contributed by atoms with Crippen LogP contribution >= 0.6 is 11.8 Å². The Kier molecular flexibility index (Phi) is 4.42. The lowest BCUT2D eigenvalue weighted by Crippen LogP contribution is -2.20. The number of thioether (sulfide) groups is 1. The zero-order valence-electron chi connectivity index (χ0n) is 7.90. The monoisotopic (exact) mass is 160 g/mol. The molecule has 0 aromatic heterocycles. The minimum absolute atomic E-state index is 0.522. The van der Waals surface area contributed by atoms with E-state index in [1.807, 2.05) is 11.8 Å². The van der Waals surface area contributed by atoms with E-state index in [0.29, 0.717) is 4.75 Å². The van der Waals surface area contributed by atoms with Crippen molar-refractivity contribution in [2.45, 2.75) is 45.3 Å². The third-order valence-corrected chi connectivity index (χ3v) is 3.52. The normalized spacial score (nSPS) is 17.4. The molecule has 0 spiro atoms. The molecule has 0 saturated heterocycles. The average molecular weight is 160 g/mol. The first-order chi connectivity index (χ1) is 4.54. The first-order valence-electron chi connectivity index (χ1n) is 4.09. The van der Waals surface area contributed by atoms with Crippen molar-refractivity contribution in [3.63, 3.8) is 0 Å². The number of hydrogen-bond donors (Lipinski definition) is 0. The Morgan fingerprint density at radius 3 is 2.00 bits per heavy atom. The van der Waals surface area contributed by atoms with Crippen molar-refractivity contribution in [1.82, 2.24) is 0 Å². The zero-order valence-corrected chi connectivity index (χ0v) is 8.72. The van der Waals surface area contributed by atoms with E-state index in [9.17, 15) is 0 Å². The van der Waals surface area contributed by atoms with Gasteiger partial charge in [0.15, 0.2) is 0 Å². The molecule has 10 heavy (non-hydrogen) atoms. The van der Waals surface area contributed by atoms with Crippen molar-refractivity contribution < 1.29 is 0 Å². The molecule has 0 radical (unpaired) electrons. The van der Waals surface area contributed by atoms with Crippen molar-refractivity contribution in [3.05, 3.63) is 0 Å². The van der Waals surface area contributed by atoms with Gasteiger partial charge in [0.2, 0.25) is 0 Å². The van der Waals surface area contributed by atoms with Gasteiger partial charge < -0.3 is 0 Å². The molecule has 1 atom stereocenters. The van der Waals surface area contributed by atoms with Gasteiger partial charge in [0.25, 0.3) is 0 Å². The maximum absolute atomic E-state index is 2.36. The molecule has 1 heteroatoms. The largest absolute Gasteiger partial charge is 0.159 e. The van der Waals surface area contributed by atoms with E-state index in [1.165, 1.54) is 12.8 Å². The summed E-state index contributed by atoms with van der Waals surface area (Å²) < 4.78 is 0.522. The lowest BCUT2D eigenvalue weighted by atomic mass is 9.96. The molecule has 0 aliphatic heterocycles. The van der Waals surface area contributed by atoms with Crippen LogP contribution in [0.5, 0.6) is 0 Å². The van der Waals surface area contributed by atoms with Crippen LogP contribution in [0, 0.1) is 5.92 Å². The van der Waals surface area contributed by atoms with Crippen LogP contribution in [0.15, 0.2) is 0 Å². The molecule has 1 unspecified atom stereocenters. The summed E-state index contributed by atoms with van der Waals surface area (Å²) in [6.07, 6.45) is 4.84. The molecule has 0 aliphatic carbocycles. The van der Waals surface area contributed by atoms with Crippen molar-refractivity contribution in [3.8, 4) is 0 Å². The minimum atomic E-state index is 0.522. The van der Waals surface area contributed by atoms with Gasteiger partial charge in [-0.25, -0.2) is 0 Å². The summed E-state index contributed by atoms with van der Waals surface area (Å²) in [5, 5.41) is 0. The Morgan fingerprint density at radius 1 is 1.40 bits per heavy atom. The number of rotatable bonds is 4. The van der Waals surface area contributed by atoms with Gasteiger partial charge in [-0.3, -0.25) is 0 Å². The molecule has 0 aromatic rings. The van der Waals surface area contributed by atoms with Gasteiger partial charge in [0.1, 0.15) is 0 Å². The van der Waals surface area contributed by atoms with Gasteiger partial charge in [-0.2, -0.15) is 11.8 Å². The Balaban J connectivity index is 3.80. The molecule has 0 aromatic carbocycles. The Labute approximate surface area is 69.8 Å². The van der Waals surface area contributed by atoms with Gasteiger partial charge in [0.05, 0.1) is 0 Å². The first kappa shape index (κ1) is 10.3. The second-order valence-corrected chi connectivity index (χ2v) is 5.00. The second-order valence-electron chi connectivity index (χ2n) is 3.61. The summed E-state index contributed by atoms with van der Waals surface area (Å²) in [7, 11) is 0. The predicted octanol–water partition coefficient (Wildman–Crippen LogP) is 3.56. The van der Waals surface area contributed by atoms with Crippen molar-refractivity contribution in [2.24, 2.45) is 5.92 Å². The quantitative estimate of drug-likeness (QED) is 0.606. The maximum Gasteiger partial charge on any atom is 0.0129 e. The maximum atomic E-state index is 2.36. The molecule has 0 N–H and O–H groups in total. The fourth-order valence-corrected chi connectivity index (χ4v) is 2.02. The van der Waals surface area contributed by atoms with Crippen LogP contribution in [-0.4, -0.2) is 11.0 Å². The van der Waals surface area contributed by atoms with Crippen LogP contribution < -0.4 is 0 Å². The highest BCUT2D eigenvalue weighted by atomic mass is 32.2. The van der Waals surface area contributed by atoms with Gasteiger partial charge in [0, 0.05) is 4.75 Å². The van der Waals surface area contributed by atoms with Crippen LogP contribution in [0.3, 0.4) is 0 Å². The summed E-state index contributed by atoms with van der Waals surface area (Å²) >= 11 is 2.00. The van der Waals surface area contributed by atoms with Crippen molar-refractivity contribution in [2.75, 3.05) is 6.26 Å². The summed E-state index contributed by atoms with van der Waals surface area (Å²) in [6, 6.07) is 0. The standard InChI is InChI=1S/C9H20S/c1-6-9(4,10-5)7-8(2)3/h8H,6-7H2,1-5H3. The Morgan fingerprint density at radius 2 is 1.90 bits per heavy atom. The van der Waals surface area contributed by atoms with Gasteiger partial charge >= 0.3 is 0 Å². The molecular formula is C9H20S. The molecule has 62 valence electrons. The first-order valence-corrected chi connectivity index (χ1v) is 5.31. The molecule has 0 aliphatic rings. The van der Waals surface area contributed by atoms with Gasteiger partial charge in [-0.15, -0.1) is 0 Å². The highest BCUT2D eigenvalue weighted by Gasteiger charge is 2.21. The molecule has 0 saturated carbocycles. The van der Waals surface area contributed by atoms with E-state index in [0.717, 1.165) is 5.92 Å². The summed E-state index contributed by atoms with van der Waals surface area (Å²) in [5.74, 6) is 0.831. The minimum Gasteiger partial charge on any atom is -0.159 e.